The third-order valence-electron chi connectivity index (χ3n) is 1.76. The largest absolute Gasteiger partial charge is 0.480 e. The summed E-state index contributed by atoms with van der Waals surface area (Å²) in [5.74, 6) is -0.111. The number of halogens is 1. The molecule has 0 aliphatic heterocycles. The van der Waals surface area contributed by atoms with Gasteiger partial charge in [-0.15, -0.1) is 0 Å². The van der Waals surface area contributed by atoms with E-state index >= 15 is 0 Å². The van der Waals surface area contributed by atoms with Gasteiger partial charge >= 0.3 is 5.97 Å². The molecule has 0 spiro atoms. The van der Waals surface area contributed by atoms with Gasteiger partial charge in [-0.3, -0.25) is 4.79 Å². The van der Waals surface area contributed by atoms with Crippen molar-refractivity contribution >= 4 is 28.2 Å². The quantitative estimate of drug-likeness (QED) is 0.615. The first-order valence-corrected chi connectivity index (χ1v) is 5.50. The number of para-hydroxylation sites is 1. The fourth-order valence-corrected chi connectivity index (χ4v) is 1.60. The Kier molecular flexibility index (Phi) is 4.98. The van der Waals surface area contributed by atoms with Gasteiger partial charge < -0.3 is 9.47 Å². The number of ether oxygens (including phenoxy) is 2. The number of carbonyl (C=O) groups is 2. The first kappa shape index (κ1) is 12.7. The van der Waals surface area contributed by atoms with Crippen molar-refractivity contribution in [1.29, 1.82) is 0 Å². The lowest BCUT2D eigenvalue weighted by Crippen LogP contribution is -2.15. The maximum absolute atomic E-state index is 11.1. The molecule has 0 bridgehead atoms. The molecule has 0 saturated heterocycles. The SMILES string of the molecule is CCOC(=O)COc1c(Br)cccc1C=O. The highest BCUT2D eigenvalue weighted by Crippen LogP contribution is 2.27. The summed E-state index contributed by atoms with van der Waals surface area (Å²) in [5.41, 5.74) is 0.388. The van der Waals surface area contributed by atoms with Gasteiger partial charge in [0.15, 0.2) is 12.9 Å². The molecule has 0 aliphatic carbocycles. The monoisotopic (exact) mass is 286 g/mol. The summed E-state index contributed by atoms with van der Waals surface area (Å²) in [6.07, 6.45) is 0.672. The number of hydrogen-bond acceptors (Lipinski definition) is 4. The van der Waals surface area contributed by atoms with Crippen LogP contribution in [0.2, 0.25) is 0 Å². The minimum absolute atomic E-state index is 0.211. The second-order valence-electron chi connectivity index (χ2n) is 2.87. The van der Waals surface area contributed by atoms with E-state index in [9.17, 15) is 9.59 Å². The van der Waals surface area contributed by atoms with E-state index < -0.39 is 5.97 Å². The van der Waals surface area contributed by atoms with E-state index in [0.717, 1.165) is 0 Å². The average Bonchev–Trinajstić information content (AvgIpc) is 2.27. The van der Waals surface area contributed by atoms with Crippen LogP contribution >= 0.6 is 15.9 Å². The summed E-state index contributed by atoms with van der Waals surface area (Å²) in [7, 11) is 0. The van der Waals surface area contributed by atoms with Gasteiger partial charge in [-0.2, -0.15) is 0 Å². The predicted octanol–water partition coefficient (Wildman–Crippen LogP) is 2.20. The van der Waals surface area contributed by atoms with Crippen molar-refractivity contribution in [3.63, 3.8) is 0 Å². The Bertz CT molecular complexity index is 390. The second kappa shape index (κ2) is 6.27. The third-order valence-corrected chi connectivity index (χ3v) is 2.39. The molecular formula is C11H11BrO4. The fourth-order valence-electron chi connectivity index (χ4n) is 1.10. The van der Waals surface area contributed by atoms with Crippen LogP contribution in [0.4, 0.5) is 0 Å². The number of benzene rings is 1. The van der Waals surface area contributed by atoms with E-state index in [1.165, 1.54) is 0 Å². The van der Waals surface area contributed by atoms with Crippen LogP contribution in [0.25, 0.3) is 0 Å². The zero-order valence-corrected chi connectivity index (χ0v) is 10.3. The average molecular weight is 287 g/mol. The van der Waals surface area contributed by atoms with Crippen LogP contribution in [0.15, 0.2) is 22.7 Å². The topological polar surface area (TPSA) is 52.6 Å². The molecule has 4 nitrogen and oxygen atoms in total. The summed E-state index contributed by atoms with van der Waals surface area (Å²) in [6.45, 7) is 1.81. The number of aldehydes is 1. The first-order chi connectivity index (χ1) is 7.69. The van der Waals surface area contributed by atoms with Crippen molar-refractivity contribution in [3.05, 3.63) is 28.2 Å². The molecule has 0 aromatic heterocycles. The number of esters is 1. The Morgan fingerprint density at radius 2 is 2.25 bits per heavy atom. The van der Waals surface area contributed by atoms with E-state index in [-0.39, 0.29) is 6.61 Å². The highest BCUT2D eigenvalue weighted by molar-refractivity contribution is 9.10. The third kappa shape index (κ3) is 3.34. The lowest BCUT2D eigenvalue weighted by molar-refractivity contribution is -0.145. The molecule has 5 heteroatoms. The van der Waals surface area contributed by atoms with Crippen molar-refractivity contribution in [3.8, 4) is 5.75 Å². The molecule has 0 heterocycles. The number of hydrogen-bond donors (Lipinski definition) is 0. The molecule has 0 radical (unpaired) electrons. The molecule has 1 rings (SSSR count). The van der Waals surface area contributed by atoms with Gasteiger partial charge in [-0.1, -0.05) is 6.07 Å². The van der Waals surface area contributed by atoms with Crippen LogP contribution in [-0.4, -0.2) is 25.5 Å². The molecule has 0 saturated carbocycles. The summed E-state index contributed by atoms with van der Waals surface area (Å²) < 4.78 is 10.6. The minimum atomic E-state index is -0.463. The van der Waals surface area contributed by atoms with E-state index in [1.54, 1.807) is 25.1 Å². The molecule has 0 N–H and O–H groups in total. The first-order valence-electron chi connectivity index (χ1n) is 4.71. The molecular weight excluding hydrogens is 276 g/mol. The Balaban J connectivity index is 2.72. The van der Waals surface area contributed by atoms with E-state index in [4.69, 9.17) is 9.47 Å². The standard InChI is InChI=1S/C11H11BrO4/c1-2-15-10(14)7-16-11-8(6-13)4-3-5-9(11)12/h3-6H,2,7H2,1H3. The number of carbonyl (C=O) groups excluding carboxylic acids is 2. The van der Waals surface area contributed by atoms with Gasteiger partial charge in [-0.25, -0.2) is 4.79 Å². The molecule has 0 amide bonds. The highest BCUT2D eigenvalue weighted by atomic mass is 79.9. The van der Waals surface area contributed by atoms with Crippen LogP contribution in [-0.2, 0) is 9.53 Å². The molecule has 86 valence electrons. The van der Waals surface area contributed by atoms with Gasteiger partial charge in [0, 0.05) is 0 Å². The van der Waals surface area contributed by atoms with Gasteiger partial charge in [0.1, 0.15) is 5.75 Å². The van der Waals surface area contributed by atoms with E-state index in [0.29, 0.717) is 28.7 Å². The molecule has 1 aromatic carbocycles. The molecule has 0 fully saturated rings. The van der Waals surface area contributed by atoms with Crippen LogP contribution < -0.4 is 4.74 Å². The van der Waals surface area contributed by atoms with Crippen molar-refractivity contribution < 1.29 is 19.1 Å². The second-order valence-corrected chi connectivity index (χ2v) is 3.72. The summed E-state index contributed by atoms with van der Waals surface area (Å²) in [5, 5.41) is 0. The predicted molar refractivity (Wildman–Crippen MR) is 61.7 cm³/mol. The summed E-state index contributed by atoms with van der Waals surface area (Å²) in [4.78, 5) is 21.8. The summed E-state index contributed by atoms with van der Waals surface area (Å²) in [6, 6.07) is 5.05. The van der Waals surface area contributed by atoms with Gasteiger partial charge in [0.05, 0.1) is 16.6 Å². The maximum atomic E-state index is 11.1. The normalized spacial score (nSPS) is 9.62. The van der Waals surface area contributed by atoms with Crippen molar-refractivity contribution in [1.82, 2.24) is 0 Å². The Labute approximate surface area is 102 Å². The molecule has 0 aliphatic rings. The van der Waals surface area contributed by atoms with Gasteiger partial charge in [0.25, 0.3) is 0 Å². The Morgan fingerprint density at radius 1 is 1.50 bits per heavy atom. The lowest BCUT2D eigenvalue weighted by Gasteiger charge is -2.09. The zero-order chi connectivity index (χ0) is 12.0. The molecule has 1 aromatic rings. The van der Waals surface area contributed by atoms with Crippen LogP contribution in [0.3, 0.4) is 0 Å². The van der Waals surface area contributed by atoms with E-state index in [2.05, 4.69) is 15.9 Å². The van der Waals surface area contributed by atoms with Crippen LogP contribution in [0.1, 0.15) is 17.3 Å². The van der Waals surface area contributed by atoms with Gasteiger partial charge in [0.2, 0.25) is 0 Å². The molecule has 16 heavy (non-hydrogen) atoms. The van der Waals surface area contributed by atoms with Crippen LogP contribution in [0.5, 0.6) is 5.75 Å². The van der Waals surface area contributed by atoms with Gasteiger partial charge in [-0.05, 0) is 35.0 Å². The van der Waals surface area contributed by atoms with Crippen LogP contribution in [0, 0.1) is 0 Å². The van der Waals surface area contributed by atoms with E-state index in [1.807, 2.05) is 0 Å². The maximum Gasteiger partial charge on any atom is 0.344 e. The van der Waals surface area contributed by atoms with Crippen molar-refractivity contribution in [2.75, 3.05) is 13.2 Å². The van der Waals surface area contributed by atoms with Crippen molar-refractivity contribution in [2.45, 2.75) is 6.92 Å². The minimum Gasteiger partial charge on any atom is -0.480 e. The van der Waals surface area contributed by atoms with Crippen molar-refractivity contribution in [2.24, 2.45) is 0 Å². The summed E-state index contributed by atoms with van der Waals surface area (Å²) >= 11 is 3.24. The molecule has 0 unspecified atom stereocenters. The highest BCUT2D eigenvalue weighted by Gasteiger charge is 2.10. The smallest absolute Gasteiger partial charge is 0.344 e. The Morgan fingerprint density at radius 3 is 2.88 bits per heavy atom. The number of rotatable bonds is 5. The fraction of sp³-hybridized carbons (Fsp3) is 0.273. The molecule has 0 atom stereocenters. The Hall–Kier alpha value is -1.36. The lowest BCUT2D eigenvalue weighted by atomic mass is 10.2. The zero-order valence-electron chi connectivity index (χ0n) is 8.73.